The van der Waals surface area contributed by atoms with Crippen molar-refractivity contribution in [1.82, 2.24) is 10.3 Å². The number of rotatable bonds is 4. The van der Waals surface area contributed by atoms with Gasteiger partial charge in [0, 0.05) is 28.7 Å². The Morgan fingerprint density at radius 1 is 1.41 bits per heavy atom. The Kier molecular flexibility index (Phi) is 3.50. The van der Waals surface area contributed by atoms with Crippen molar-refractivity contribution in [3.63, 3.8) is 0 Å². The van der Waals surface area contributed by atoms with Crippen LogP contribution >= 0.6 is 0 Å². The second-order valence-electron chi connectivity index (χ2n) is 4.47. The number of benzene rings is 1. The van der Waals surface area contributed by atoms with E-state index >= 15 is 0 Å². The summed E-state index contributed by atoms with van der Waals surface area (Å²) in [6.45, 7) is 4.73. The zero-order valence-electron chi connectivity index (χ0n) is 10.7. The highest BCUT2D eigenvalue weighted by Gasteiger charge is 2.16. The Morgan fingerprint density at radius 2 is 2.18 bits per heavy atom. The summed E-state index contributed by atoms with van der Waals surface area (Å²) in [5.41, 5.74) is 4.47. The van der Waals surface area contributed by atoms with Gasteiger partial charge in [-0.1, -0.05) is 13.0 Å². The Balaban J connectivity index is 2.55. The standard InChI is InChI=1S/C14H20N2O/c1-4-10-5-6-12-11(7-10)14(9(2)16-12)13(17)8-15-3/h5-7,13,15-17H,4,8H2,1-3H3. The van der Waals surface area contributed by atoms with Gasteiger partial charge in [0.25, 0.3) is 0 Å². The molecule has 0 aliphatic heterocycles. The Morgan fingerprint density at radius 3 is 2.82 bits per heavy atom. The van der Waals surface area contributed by atoms with E-state index in [1.807, 2.05) is 14.0 Å². The number of hydrogen-bond acceptors (Lipinski definition) is 2. The van der Waals surface area contributed by atoms with Crippen LogP contribution in [-0.2, 0) is 6.42 Å². The van der Waals surface area contributed by atoms with Crippen molar-refractivity contribution in [2.45, 2.75) is 26.4 Å². The molecule has 0 aliphatic rings. The van der Waals surface area contributed by atoms with Gasteiger partial charge in [0.05, 0.1) is 6.10 Å². The summed E-state index contributed by atoms with van der Waals surface area (Å²) in [7, 11) is 1.85. The third-order valence-corrected chi connectivity index (χ3v) is 3.24. The molecular weight excluding hydrogens is 212 g/mol. The van der Waals surface area contributed by atoms with Crippen LogP contribution in [0.3, 0.4) is 0 Å². The van der Waals surface area contributed by atoms with Crippen molar-refractivity contribution < 1.29 is 5.11 Å². The molecule has 0 fully saturated rings. The van der Waals surface area contributed by atoms with Crippen LogP contribution in [0.2, 0.25) is 0 Å². The number of aliphatic hydroxyl groups is 1. The molecule has 3 heteroatoms. The van der Waals surface area contributed by atoms with Gasteiger partial charge in [-0.05, 0) is 38.1 Å². The van der Waals surface area contributed by atoms with E-state index in [2.05, 4.69) is 35.4 Å². The second kappa shape index (κ2) is 4.90. The van der Waals surface area contributed by atoms with E-state index in [0.29, 0.717) is 6.54 Å². The summed E-state index contributed by atoms with van der Waals surface area (Å²) in [4.78, 5) is 3.33. The van der Waals surface area contributed by atoms with E-state index in [4.69, 9.17) is 0 Å². The molecule has 1 unspecified atom stereocenters. The van der Waals surface area contributed by atoms with Crippen LogP contribution < -0.4 is 5.32 Å². The van der Waals surface area contributed by atoms with E-state index in [-0.39, 0.29) is 0 Å². The summed E-state index contributed by atoms with van der Waals surface area (Å²) in [6.07, 6.45) is 0.558. The molecule has 0 bridgehead atoms. The van der Waals surface area contributed by atoms with E-state index in [1.54, 1.807) is 0 Å². The van der Waals surface area contributed by atoms with Gasteiger partial charge in [0.15, 0.2) is 0 Å². The summed E-state index contributed by atoms with van der Waals surface area (Å²) < 4.78 is 0. The highest BCUT2D eigenvalue weighted by molar-refractivity contribution is 5.85. The van der Waals surface area contributed by atoms with Gasteiger partial charge >= 0.3 is 0 Å². The number of fused-ring (bicyclic) bond motifs is 1. The van der Waals surface area contributed by atoms with E-state index < -0.39 is 6.10 Å². The van der Waals surface area contributed by atoms with Gasteiger partial charge in [-0.2, -0.15) is 0 Å². The van der Waals surface area contributed by atoms with Gasteiger partial charge in [0.1, 0.15) is 0 Å². The topological polar surface area (TPSA) is 48.0 Å². The summed E-state index contributed by atoms with van der Waals surface area (Å²) in [6, 6.07) is 6.40. The largest absolute Gasteiger partial charge is 0.387 e. The van der Waals surface area contributed by atoms with Crippen LogP contribution in [0.4, 0.5) is 0 Å². The van der Waals surface area contributed by atoms with Crippen molar-refractivity contribution in [2.24, 2.45) is 0 Å². The Labute approximate surface area is 102 Å². The van der Waals surface area contributed by atoms with Crippen LogP contribution in [-0.4, -0.2) is 23.7 Å². The monoisotopic (exact) mass is 232 g/mol. The lowest BCUT2D eigenvalue weighted by atomic mass is 10.0. The van der Waals surface area contributed by atoms with Crippen LogP contribution in [0.15, 0.2) is 18.2 Å². The van der Waals surface area contributed by atoms with Crippen molar-refractivity contribution in [3.8, 4) is 0 Å². The normalized spacial score (nSPS) is 13.2. The molecule has 3 N–H and O–H groups in total. The summed E-state index contributed by atoms with van der Waals surface area (Å²) >= 11 is 0. The number of aryl methyl sites for hydroxylation is 2. The lowest BCUT2D eigenvalue weighted by Crippen LogP contribution is -2.17. The fraction of sp³-hybridized carbons (Fsp3) is 0.429. The van der Waals surface area contributed by atoms with Crippen LogP contribution in [0, 0.1) is 6.92 Å². The molecule has 1 atom stereocenters. The van der Waals surface area contributed by atoms with Gasteiger partial charge in [-0.15, -0.1) is 0 Å². The number of aromatic nitrogens is 1. The number of hydrogen-bond donors (Lipinski definition) is 3. The first kappa shape index (κ1) is 12.1. The highest BCUT2D eigenvalue weighted by Crippen LogP contribution is 2.28. The fourth-order valence-corrected chi connectivity index (χ4v) is 2.34. The zero-order valence-corrected chi connectivity index (χ0v) is 10.7. The quantitative estimate of drug-likeness (QED) is 0.757. The Hall–Kier alpha value is -1.32. The number of H-pyrrole nitrogens is 1. The Bertz CT molecular complexity index is 516. The first-order valence-corrected chi connectivity index (χ1v) is 6.11. The second-order valence-corrected chi connectivity index (χ2v) is 4.47. The average Bonchev–Trinajstić information content (AvgIpc) is 2.64. The molecule has 92 valence electrons. The molecule has 0 spiro atoms. The SMILES string of the molecule is CCc1ccc2[nH]c(C)c(C(O)CNC)c2c1. The molecule has 0 amide bonds. The molecule has 0 aliphatic carbocycles. The highest BCUT2D eigenvalue weighted by atomic mass is 16.3. The minimum Gasteiger partial charge on any atom is -0.387 e. The van der Waals surface area contributed by atoms with E-state index in [9.17, 15) is 5.11 Å². The predicted octanol–water partition coefficient (Wildman–Crippen LogP) is 2.29. The molecule has 1 aromatic heterocycles. The molecule has 2 rings (SSSR count). The molecule has 2 aromatic rings. The maximum absolute atomic E-state index is 10.2. The van der Waals surface area contributed by atoms with E-state index in [1.165, 1.54) is 5.56 Å². The van der Waals surface area contributed by atoms with Crippen LogP contribution in [0.5, 0.6) is 0 Å². The number of nitrogens with one attached hydrogen (secondary N) is 2. The molecule has 17 heavy (non-hydrogen) atoms. The molecular formula is C14H20N2O. The number of likely N-dealkylation sites (N-methyl/N-ethyl adjacent to an activating group) is 1. The van der Waals surface area contributed by atoms with Crippen molar-refractivity contribution in [1.29, 1.82) is 0 Å². The number of aromatic amines is 1. The lowest BCUT2D eigenvalue weighted by Gasteiger charge is -2.10. The number of aliphatic hydroxyl groups excluding tert-OH is 1. The minimum atomic E-state index is -0.458. The van der Waals surface area contributed by atoms with Gasteiger partial charge in [0.2, 0.25) is 0 Å². The van der Waals surface area contributed by atoms with Gasteiger partial charge in [-0.3, -0.25) is 0 Å². The molecule has 1 heterocycles. The smallest absolute Gasteiger partial charge is 0.0937 e. The maximum atomic E-state index is 10.2. The van der Waals surface area contributed by atoms with E-state index in [0.717, 1.165) is 28.6 Å². The average molecular weight is 232 g/mol. The van der Waals surface area contributed by atoms with Crippen molar-refractivity contribution in [3.05, 3.63) is 35.0 Å². The van der Waals surface area contributed by atoms with Crippen LogP contribution in [0.1, 0.15) is 29.8 Å². The van der Waals surface area contributed by atoms with Crippen molar-refractivity contribution in [2.75, 3.05) is 13.6 Å². The summed E-state index contributed by atoms with van der Waals surface area (Å²) in [5, 5.41) is 14.3. The first-order valence-electron chi connectivity index (χ1n) is 6.11. The predicted molar refractivity (Wildman–Crippen MR) is 71.3 cm³/mol. The molecule has 0 radical (unpaired) electrons. The zero-order chi connectivity index (χ0) is 12.4. The third kappa shape index (κ3) is 2.21. The van der Waals surface area contributed by atoms with Crippen LogP contribution in [0.25, 0.3) is 10.9 Å². The van der Waals surface area contributed by atoms with Gasteiger partial charge in [-0.25, -0.2) is 0 Å². The third-order valence-electron chi connectivity index (χ3n) is 3.24. The lowest BCUT2D eigenvalue weighted by molar-refractivity contribution is 0.178. The minimum absolute atomic E-state index is 0.458. The molecule has 0 saturated carbocycles. The first-order chi connectivity index (χ1) is 8.17. The summed E-state index contributed by atoms with van der Waals surface area (Å²) in [5.74, 6) is 0. The molecule has 0 saturated heterocycles. The fourth-order valence-electron chi connectivity index (χ4n) is 2.34. The molecule has 1 aromatic carbocycles. The maximum Gasteiger partial charge on any atom is 0.0937 e. The molecule has 3 nitrogen and oxygen atoms in total. The van der Waals surface area contributed by atoms with Gasteiger partial charge < -0.3 is 15.4 Å². The van der Waals surface area contributed by atoms with Crippen molar-refractivity contribution >= 4 is 10.9 Å².